The number of aliphatic hydroxyl groups excluding tert-OH is 1. The van der Waals surface area contributed by atoms with E-state index in [2.05, 4.69) is 0 Å². The SMILES string of the molecule is CCC(CO)Cc1ccc(Cl)c(F)c1. The minimum Gasteiger partial charge on any atom is -0.396 e. The Bertz CT molecular complexity index is 297. The summed E-state index contributed by atoms with van der Waals surface area (Å²) in [5.41, 5.74) is 0.882. The van der Waals surface area contributed by atoms with E-state index in [9.17, 15) is 4.39 Å². The summed E-state index contributed by atoms with van der Waals surface area (Å²) in [5, 5.41) is 9.14. The van der Waals surface area contributed by atoms with Crippen LogP contribution in [0.1, 0.15) is 18.9 Å². The summed E-state index contributed by atoms with van der Waals surface area (Å²) in [7, 11) is 0. The maximum Gasteiger partial charge on any atom is 0.142 e. The van der Waals surface area contributed by atoms with Crippen LogP contribution in [-0.2, 0) is 6.42 Å². The Balaban J connectivity index is 2.72. The Morgan fingerprint density at radius 3 is 2.71 bits per heavy atom. The van der Waals surface area contributed by atoms with E-state index < -0.39 is 5.82 Å². The van der Waals surface area contributed by atoms with E-state index in [1.807, 2.05) is 6.92 Å². The van der Waals surface area contributed by atoms with Gasteiger partial charge in [0, 0.05) is 6.61 Å². The first kappa shape index (κ1) is 11.5. The Morgan fingerprint density at radius 1 is 1.50 bits per heavy atom. The second-order valence-electron chi connectivity index (χ2n) is 3.41. The quantitative estimate of drug-likeness (QED) is 0.820. The van der Waals surface area contributed by atoms with Gasteiger partial charge in [-0.15, -0.1) is 0 Å². The molecular formula is C11H14ClFO. The summed E-state index contributed by atoms with van der Waals surface area (Å²) in [5.74, 6) is -0.187. The minimum atomic E-state index is -0.392. The largest absolute Gasteiger partial charge is 0.396 e. The smallest absolute Gasteiger partial charge is 0.142 e. The lowest BCUT2D eigenvalue weighted by Gasteiger charge is -2.11. The lowest BCUT2D eigenvalue weighted by atomic mass is 9.98. The highest BCUT2D eigenvalue weighted by Crippen LogP contribution is 2.18. The molecule has 1 unspecified atom stereocenters. The van der Waals surface area contributed by atoms with E-state index in [-0.39, 0.29) is 17.5 Å². The van der Waals surface area contributed by atoms with Crippen LogP contribution in [0.3, 0.4) is 0 Å². The summed E-state index contributed by atoms with van der Waals surface area (Å²) >= 11 is 5.56. The molecule has 0 fully saturated rings. The van der Waals surface area contributed by atoms with Crippen LogP contribution in [0, 0.1) is 11.7 Å². The third-order valence-electron chi connectivity index (χ3n) is 2.34. The van der Waals surface area contributed by atoms with Crippen LogP contribution < -0.4 is 0 Å². The summed E-state index contributed by atoms with van der Waals surface area (Å²) in [6.45, 7) is 2.15. The molecule has 1 rings (SSSR count). The molecule has 3 heteroatoms. The number of hydrogen-bond acceptors (Lipinski definition) is 1. The summed E-state index contributed by atoms with van der Waals surface area (Å²) in [6, 6.07) is 4.78. The van der Waals surface area contributed by atoms with Crippen LogP contribution >= 0.6 is 11.6 Å². The second kappa shape index (κ2) is 5.32. The Morgan fingerprint density at radius 2 is 2.21 bits per heavy atom. The number of halogens is 2. The monoisotopic (exact) mass is 216 g/mol. The molecule has 0 radical (unpaired) electrons. The highest BCUT2D eigenvalue weighted by atomic mass is 35.5. The van der Waals surface area contributed by atoms with Gasteiger partial charge >= 0.3 is 0 Å². The van der Waals surface area contributed by atoms with E-state index in [0.29, 0.717) is 6.42 Å². The zero-order valence-electron chi connectivity index (χ0n) is 8.13. The van der Waals surface area contributed by atoms with Gasteiger partial charge in [0.25, 0.3) is 0 Å². The van der Waals surface area contributed by atoms with Gasteiger partial charge in [0.2, 0.25) is 0 Å². The van der Waals surface area contributed by atoms with Crippen molar-refractivity contribution in [3.05, 3.63) is 34.6 Å². The number of rotatable bonds is 4. The van der Waals surface area contributed by atoms with Crippen molar-refractivity contribution in [1.29, 1.82) is 0 Å². The Hall–Kier alpha value is -0.600. The molecule has 0 aliphatic rings. The van der Waals surface area contributed by atoms with Gasteiger partial charge in [0.15, 0.2) is 0 Å². The first-order chi connectivity index (χ1) is 6.67. The normalized spacial score (nSPS) is 12.9. The molecule has 0 aliphatic carbocycles. The third-order valence-corrected chi connectivity index (χ3v) is 2.65. The first-order valence-corrected chi connectivity index (χ1v) is 5.10. The van der Waals surface area contributed by atoms with Crippen molar-refractivity contribution in [2.45, 2.75) is 19.8 Å². The predicted octanol–water partition coefficient (Wildman–Crippen LogP) is 3.04. The lowest BCUT2D eigenvalue weighted by Crippen LogP contribution is -2.08. The van der Waals surface area contributed by atoms with Gasteiger partial charge in [0.05, 0.1) is 5.02 Å². The highest BCUT2D eigenvalue weighted by molar-refractivity contribution is 6.30. The average Bonchev–Trinajstić information content (AvgIpc) is 2.19. The van der Waals surface area contributed by atoms with Crippen molar-refractivity contribution in [3.8, 4) is 0 Å². The van der Waals surface area contributed by atoms with Crippen molar-refractivity contribution >= 4 is 11.6 Å². The van der Waals surface area contributed by atoms with Gasteiger partial charge < -0.3 is 5.11 Å². The molecule has 0 heterocycles. The summed E-state index contributed by atoms with van der Waals surface area (Å²) in [4.78, 5) is 0. The third kappa shape index (κ3) is 2.96. The van der Waals surface area contributed by atoms with Crippen LogP contribution in [0.5, 0.6) is 0 Å². The van der Waals surface area contributed by atoms with Gasteiger partial charge in [-0.3, -0.25) is 0 Å². The lowest BCUT2D eigenvalue weighted by molar-refractivity contribution is 0.222. The number of benzene rings is 1. The molecule has 0 aromatic heterocycles. The number of aliphatic hydroxyl groups is 1. The van der Waals surface area contributed by atoms with Gasteiger partial charge in [-0.05, 0) is 30.0 Å². The fourth-order valence-corrected chi connectivity index (χ4v) is 1.46. The molecule has 78 valence electrons. The zero-order valence-corrected chi connectivity index (χ0v) is 8.89. The maximum absolute atomic E-state index is 13.0. The van der Waals surface area contributed by atoms with Gasteiger partial charge in [-0.1, -0.05) is 31.0 Å². The topological polar surface area (TPSA) is 20.2 Å². The van der Waals surface area contributed by atoms with Crippen LogP contribution in [0.25, 0.3) is 0 Å². The number of hydrogen-bond donors (Lipinski definition) is 1. The molecule has 1 atom stereocenters. The molecule has 0 saturated carbocycles. The zero-order chi connectivity index (χ0) is 10.6. The molecule has 1 nitrogen and oxygen atoms in total. The van der Waals surface area contributed by atoms with E-state index in [0.717, 1.165) is 12.0 Å². The molecule has 14 heavy (non-hydrogen) atoms. The molecule has 1 N–H and O–H groups in total. The molecule has 0 saturated heterocycles. The van der Waals surface area contributed by atoms with Crippen molar-refractivity contribution in [2.75, 3.05) is 6.61 Å². The summed E-state index contributed by atoms with van der Waals surface area (Å²) < 4.78 is 13.0. The van der Waals surface area contributed by atoms with Gasteiger partial charge in [0.1, 0.15) is 5.82 Å². The van der Waals surface area contributed by atoms with E-state index in [4.69, 9.17) is 16.7 Å². The van der Waals surface area contributed by atoms with Crippen molar-refractivity contribution in [3.63, 3.8) is 0 Å². The highest BCUT2D eigenvalue weighted by Gasteiger charge is 2.07. The van der Waals surface area contributed by atoms with Crippen molar-refractivity contribution < 1.29 is 9.50 Å². The summed E-state index contributed by atoms with van der Waals surface area (Å²) in [6.07, 6.45) is 1.59. The predicted molar refractivity (Wildman–Crippen MR) is 56.0 cm³/mol. The standard InChI is InChI=1S/C11H14ClFO/c1-2-8(7-14)5-9-3-4-10(12)11(13)6-9/h3-4,6,8,14H,2,5,7H2,1H3. The molecule has 0 amide bonds. The Labute approximate surface area is 88.5 Å². The Kier molecular flexibility index (Phi) is 4.36. The fourth-order valence-electron chi connectivity index (χ4n) is 1.34. The van der Waals surface area contributed by atoms with Crippen LogP contribution in [0.2, 0.25) is 5.02 Å². The minimum absolute atomic E-state index is 0.140. The molecule has 0 aliphatic heterocycles. The van der Waals surface area contributed by atoms with Gasteiger partial charge in [-0.2, -0.15) is 0 Å². The van der Waals surface area contributed by atoms with Crippen LogP contribution in [-0.4, -0.2) is 11.7 Å². The van der Waals surface area contributed by atoms with Crippen molar-refractivity contribution in [2.24, 2.45) is 5.92 Å². The second-order valence-corrected chi connectivity index (χ2v) is 3.82. The van der Waals surface area contributed by atoms with E-state index >= 15 is 0 Å². The van der Waals surface area contributed by atoms with Crippen LogP contribution in [0.15, 0.2) is 18.2 Å². The van der Waals surface area contributed by atoms with E-state index in [1.165, 1.54) is 6.07 Å². The fraction of sp³-hybridized carbons (Fsp3) is 0.455. The molecule has 0 bridgehead atoms. The van der Waals surface area contributed by atoms with Gasteiger partial charge in [-0.25, -0.2) is 4.39 Å². The van der Waals surface area contributed by atoms with Crippen molar-refractivity contribution in [1.82, 2.24) is 0 Å². The van der Waals surface area contributed by atoms with E-state index in [1.54, 1.807) is 12.1 Å². The van der Waals surface area contributed by atoms with Crippen LogP contribution in [0.4, 0.5) is 4.39 Å². The first-order valence-electron chi connectivity index (χ1n) is 4.72. The molecular weight excluding hydrogens is 203 g/mol. The average molecular weight is 217 g/mol. The molecule has 1 aromatic rings. The molecule has 0 spiro atoms. The maximum atomic E-state index is 13.0. The molecule has 1 aromatic carbocycles.